The van der Waals surface area contributed by atoms with Crippen LogP contribution in [0.5, 0.6) is 5.88 Å². The summed E-state index contributed by atoms with van der Waals surface area (Å²) in [4.78, 5) is 15.9. The minimum atomic E-state index is -0.382. The van der Waals surface area contributed by atoms with Gasteiger partial charge in [0.05, 0.1) is 11.0 Å². The molecule has 2 heterocycles. The van der Waals surface area contributed by atoms with Crippen LogP contribution in [-0.2, 0) is 10.2 Å². The minimum absolute atomic E-state index is 0.179. The van der Waals surface area contributed by atoms with Crippen molar-refractivity contribution in [3.8, 4) is 5.88 Å². The fourth-order valence-corrected chi connectivity index (χ4v) is 2.34. The Balaban J connectivity index is 2.38. The molecule has 0 aliphatic rings. The number of fused-ring (bicyclic) bond motifs is 3. The van der Waals surface area contributed by atoms with Crippen LogP contribution in [0.4, 0.5) is 0 Å². The van der Waals surface area contributed by atoms with Gasteiger partial charge in [-0.25, -0.2) is 9.50 Å². The number of nitrogens with zero attached hydrogens (tertiary/aromatic N) is 3. The number of aromatic nitrogens is 3. The molecule has 0 atom stereocenters. The Morgan fingerprint density at radius 2 is 1.95 bits per heavy atom. The maximum atomic E-state index is 11.1. The lowest BCUT2D eigenvalue weighted by atomic mass is 9.95. The molecule has 5 heteroatoms. The van der Waals surface area contributed by atoms with Gasteiger partial charge in [-0.15, -0.1) is 5.10 Å². The van der Waals surface area contributed by atoms with Crippen LogP contribution in [0, 0.1) is 0 Å². The third-order valence-electron chi connectivity index (χ3n) is 3.21. The van der Waals surface area contributed by atoms with Crippen molar-refractivity contribution in [2.75, 3.05) is 0 Å². The van der Waals surface area contributed by atoms with E-state index in [0.717, 1.165) is 22.2 Å². The fourth-order valence-electron chi connectivity index (χ4n) is 2.34. The highest BCUT2D eigenvalue weighted by Crippen LogP contribution is 2.28. The second-order valence-electron chi connectivity index (χ2n) is 6.08. The summed E-state index contributed by atoms with van der Waals surface area (Å²) in [5, 5.41) is 5.36. The Hall–Kier alpha value is -2.43. The van der Waals surface area contributed by atoms with Gasteiger partial charge in [0.25, 0.3) is 0 Å². The normalized spacial score (nSPS) is 12.0. The van der Waals surface area contributed by atoms with E-state index in [1.807, 2.05) is 24.3 Å². The summed E-state index contributed by atoms with van der Waals surface area (Å²) in [5.41, 5.74) is 1.62. The molecule has 0 N–H and O–H groups in total. The van der Waals surface area contributed by atoms with Gasteiger partial charge in [-0.2, -0.15) is 0 Å². The van der Waals surface area contributed by atoms with Crippen LogP contribution in [-0.4, -0.2) is 20.6 Å². The minimum Gasteiger partial charge on any atom is -0.406 e. The monoisotopic (exact) mass is 283 g/mol. The lowest BCUT2D eigenvalue weighted by Gasteiger charge is -2.19. The fraction of sp³-hybridized carbons (Fsp3) is 0.312. The van der Waals surface area contributed by atoms with Gasteiger partial charge in [-0.05, 0) is 6.07 Å². The Morgan fingerprint density at radius 1 is 1.24 bits per heavy atom. The molecule has 21 heavy (non-hydrogen) atoms. The van der Waals surface area contributed by atoms with Gasteiger partial charge in [-0.1, -0.05) is 39.0 Å². The molecule has 0 spiro atoms. The second-order valence-corrected chi connectivity index (χ2v) is 6.08. The van der Waals surface area contributed by atoms with Crippen LogP contribution in [0.15, 0.2) is 30.3 Å². The second kappa shape index (κ2) is 4.55. The number of para-hydroxylation sites is 1. The van der Waals surface area contributed by atoms with Crippen LogP contribution in [0.3, 0.4) is 0 Å². The summed E-state index contributed by atoms with van der Waals surface area (Å²) < 4.78 is 6.88. The van der Waals surface area contributed by atoms with Crippen molar-refractivity contribution in [1.29, 1.82) is 0 Å². The highest BCUT2D eigenvalue weighted by molar-refractivity contribution is 5.94. The predicted octanol–water partition coefficient (Wildman–Crippen LogP) is 3.11. The first-order valence-corrected chi connectivity index (χ1v) is 6.84. The summed E-state index contributed by atoms with van der Waals surface area (Å²) >= 11 is 0. The first-order valence-electron chi connectivity index (χ1n) is 6.84. The number of esters is 1. The summed E-state index contributed by atoms with van der Waals surface area (Å²) in [6.45, 7) is 7.61. The van der Waals surface area contributed by atoms with Crippen LogP contribution < -0.4 is 4.74 Å². The molecule has 0 saturated carbocycles. The van der Waals surface area contributed by atoms with Crippen molar-refractivity contribution in [1.82, 2.24) is 14.6 Å². The van der Waals surface area contributed by atoms with Crippen molar-refractivity contribution in [3.63, 3.8) is 0 Å². The zero-order valence-electron chi connectivity index (χ0n) is 12.5. The van der Waals surface area contributed by atoms with Crippen molar-refractivity contribution < 1.29 is 9.53 Å². The van der Waals surface area contributed by atoms with Crippen molar-refractivity contribution in [3.05, 3.63) is 36.2 Å². The van der Waals surface area contributed by atoms with E-state index in [4.69, 9.17) is 9.72 Å². The third-order valence-corrected chi connectivity index (χ3v) is 3.21. The molecule has 0 bridgehead atoms. The van der Waals surface area contributed by atoms with Crippen LogP contribution in [0.1, 0.15) is 33.5 Å². The maximum absolute atomic E-state index is 11.1. The Labute approximate surface area is 122 Å². The molecule has 0 saturated heterocycles. The van der Waals surface area contributed by atoms with Gasteiger partial charge >= 0.3 is 5.97 Å². The molecule has 0 aliphatic heterocycles. The van der Waals surface area contributed by atoms with Gasteiger partial charge in [0.1, 0.15) is 5.82 Å². The summed E-state index contributed by atoms with van der Waals surface area (Å²) in [7, 11) is 0. The van der Waals surface area contributed by atoms with Crippen LogP contribution in [0.25, 0.3) is 16.4 Å². The van der Waals surface area contributed by atoms with E-state index in [2.05, 4.69) is 25.9 Å². The van der Waals surface area contributed by atoms with Crippen LogP contribution >= 0.6 is 0 Å². The molecular formula is C16H17N3O2. The van der Waals surface area contributed by atoms with E-state index in [0.29, 0.717) is 5.88 Å². The lowest BCUT2D eigenvalue weighted by molar-refractivity contribution is -0.132. The highest BCUT2D eigenvalue weighted by Gasteiger charge is 2.22. The van der Waals surface area contributed by atoms with Gasteiger partial charge < -0.3 is 4.74 Å². The largest absolute Gasteiger partial charge is 0.406 e. The molecule has 3 aromatic rings. The van der Waals surface area contributed by atoms with Gasteiger partial charge in [0.15, 0.2) is 0 Å². The van der Waals surface area contributed by atoms with Crippen molar-refractivity contribution in [2.24, 2.45) is 0 Å². The van der Waals surface area contributed by atoms with Crippen molar-refractivity contribution in [2.45, 2.75) is 33.1 Å². The average Bonchev–Trinajstić information content (AvgIpc) is 2.79. The first kappa shape index (κ1) is 13.5. The molecule has 1 aromatic carbocycles. The molecule has 0 radical (unpaired) electrons. The number of rotatable bonds is 1. The molecular weight excluding hydrogens is 266 g/mol. The van der Waals surface area contributed by atoms with Gasteiger partial charge in [0.2, 0.25) is 5.88 Å². The molecule has 108 valence electrons. The quantitative estimate of drug-likeness (QED) is 0.644. The number of carbonyl (C=O) groups excluding carboxylic acids is 1. The number of hydrogen-bond donors (Lipinski definition) is 0. The Kier molecular flexibility index (Phi) is 2.93. The van der Waals surface area contributed by atoms with E-state index in [1.54, 1.807) is 10.6 Å². The molecule has 0 aliphatic carbocycles. The average molecular weight is 283 g/mol. The van der Waals surface area contributed by atoms with Gasteiger partial charge in [0, 0.05) is 23.8 Å². The Morgan fingerprint density at radius 3 is 2.62 bits per heavy atom. The SMILES string of the molecule is CC(=O)Oc1cc2c3ccccc3nc(C(C)(C)C)n2n1. The number of benzene rings is 1. The summed E-state index contributed by atoms with van der Waals surface area (Å²) in [6.07, 6.45) is 0. The molecule has 0 amide bonds. The molecule has 3 rings (SSSR count). The summed E-state index contributed by atoms with van der Waals surface area (Å²) in [5.74, 6) is 0.744. The standard InChI is InChI=1S/C16H17N3O2/c1-10(20)21-14-9-13-11-7-5-6-8-12(11)17-15(16(2,3)4)19(13)18-14/h5-9H,1-4H3. The van der Waals surface area contributed by atoms with Gasteiger partial charge in [-0.3, -0.25) is 4.79 Å². The van der Waals surface area contributed by atoms with E-state index < -0.39 is 0 Å². The number of carbonyl (C=O) groups is 1. The molecule has 5 nitrogen and oxygen atoms in total. The Bertz CT molecular complexity index is 844. The smallest absolute Gasteiger partial charge is 0.309 e. The van der Waals surface area contributed by atoms with E-state index >= 15 is 0 Å². The predicted molar refractivity (Wildman–Crippen MR) is 80.5 cm³/mol. The maximum Gasteiger partial charge on any atom is 0.309 e. The lowest BCUT2D eigenvalue weighted by Crippen LogP contribution is -2.19. The van der Waals surface area contributed by atoms with Crippen molar-refractivity contribution >= 4 is 22.4 Å². The zero-order chi connectivity index (χ0) is 15.2. The van der Waals surface area contributed by atoms with E-state index in [9.17, 15) is 4.79 Å². The molecule has 2 aromatic heterocycles. The molecule has 0 fully saturated rings. The number of hydrogen-bond acceptors (Lipinski definition) is 4. The number of ether oxygens (including phenoxy) is 1. The molecule has 0 unspecified atom stereocenters. The van der Waals surface area contributed by atoms with E-state index in [1.165, 1.54) is 6.92 Å². The van der Waals surface area contributed by atoms with Crippen LogP contribution in [0.2, 0.25) is 0 Å². The zero-order valence-corrected chi connectivity index (χ0v) is 12.5. The highest BCUT2D eigenvalue weighted by atomic mass is 16.5. The third kappa shape index (κ3) is 2.35. The summed E-state index contributed by atoms with van der Waals surface area (Å²) in [6, 6.07) is 9.66. The first-order chi connectivity index (χ1) is 9.86. The topological polar surface area (TPSA) is 56.5 Å². The van der Waals surface area contributed by atoms with E-state index in [-0.39, 0.29) is 11.4 Å².